The molecule has 0 fully saturated rings. The van der Waals surface area contributed by atoms with Crippen LogP contribution in [0.2, 0.25) is 0 Å². The highest BCUT2D eigenvalue weighted by molar-refractivity contribution is 5.35. The molecule has 2 rings (SSSR count). The van der Waals surface area contributed by atoms with Crippen LogP contribution in [0.5, 0.6) is 0 Å². The monoisotopic (exact) mass is 191 g/mol. The first-order valence-electron chi connectivity index (χ1n) is 5.23. The topological polar surface area (TPSA) is 32.3 Å². The van der Waals surface area contributed by atoms with Gasteiger partial charge in [-0.1, -0.05) is 24.3 Å². The van der Waals surface area contributed by atoms with Crippen molar-refractivity contribution in [3.8, 4) is 0 Å². The molecule has 0 radical (unpaired) electrons. The number of benzene rings is 1. The Kier molecular flexibility index (Phi) is 2.85. The lowest BCUT2D eigenvalue weighted by molar-refractivity contribution is 0.143. The minimum atomic E-state index is -0.247. The van der Waals surface area contributed by atoms with Gasteiger partial charge in [-0.05, 0) is 31.0 Å². The third-order valence-electron chi connectivity index (χ3n) is 3.06. The quantitative estimate of drug-likeness (QED) is 0.754. The van der Waals surface area contributed by atoms with Crippen LogP contribution in [0.3, 0.4) is 0 Å². The molecule has 0 amide bonds. The molecule has 0 aromatic heterocycles. The Hall–Kier alpha value is -0.860. The summed E-state index contributed by atoms with van der Waals surface area (Å²) in [6.45, 7) is 0.680. The van der Waals surface area contributed by atoms with E-state index < -0.39 is 0 Å². The van der Waals surface area contributed by atoms with Crippen molar-refractivity contribution < 1.29 is 5.11 Å². The minimum absolute atomic E-state index is 0.247. The molecule has 0 heterocycles. The Labute approximate surface area is 85.0 Å². The van der Waals surface area contributed by atoms with Crippen LogP contribution in [0, 0.1) is 0 Å². The lowest BCUT2D eigenvalue weighted by atomic mass is 9.95. The van der Waals surface area contributed by atoms with Crippen LogP contribution in [0.15, 0.2) is 24.3 Å². The summed E-state index contributed by atoms with van der Waals surface area (Å²) < 4.78 is 0. The molecular weight excluding hydrogens is 174 g/mol. The van der Waals surface area contributed by atoms with Crippen LogP contribution in [0.25, 0.3) is 0 Å². The van der Waals surface area contributed by atoms with E-state index >= 15 is 0 Å². The molecule has 1 aromatic carbocycles. The summed E-state index contributed by atoms with van der Waals surface area (Å²) in [7, 11) is 1.88. The van der Waals surface area contributed by atoms with Crippen LogP contribution < -0.4 is 5.32 Å². The number of aryl methyl sites for hydroxylation is 1. The number of aliphatic hydroxyl groups excluding tert-OH is 1. The fraction of sp³-hybridized carbons (Fsp3) is 0.500. The maximum absolute atomic E-state index is 9.93. The van der Waals surface area contributed by atoms with Gasteiger partial charge in [0.05, 0.1) is 6.10 Å². The van der Waals surface area contributed by atoms with E-state index in [9.17, 15) is 5.11 Å². The second-order valence-electron chi connectivity index (χ2n) is 3.97. The maximum atomic E-state index is 9.93. The van der Waals surface area contributed by atoms with Gasteiger partial charge in [0.1, 0.15) is 0 Å². The maximum Gasteiger partial charge on any atom is 0.0733 e. The van der Waals surface area contributed by atoms with Crippen LogP contribution >= 0.6 is 0 Å². The normalized spacial score (nSPS) is 22.0. The van der Waals surface area contributed by atoms with Crippen molar-refractivity contribution >= 4 is 0 Å². The molecule has 1 aliphatic rings. The van der Waals surface area contributed by atoms with Gasteiger partial charge in [0.25, 0.3) is 0 Å². The Morgan fingerprint density at radius 1 is 1.50 bits per heavy atom. The molecule has 2 unspecified atom stereocenters. The highest BCUT2D eigenvalue weighted by Crippen LogP contribution is 2.34. The van der Waals surface area contributed by atoms with Crippen LogP contribution in [-0.4, -0.2) is 24.8 Å². The number of aliphatic hydroxyl groups is 1. The smallest absolute Gasteiger partial charge is 0.0733 e. The molecule has 2 nitrogen and oxygen atoms in total. The summed E-state index contributed by atoms with van der Waals surface area (Å²) in [5.74, 6) is 0.332. The summed E-state index contributed by atoms with van der Waals surface area (Å²) in [5.41, 5.74) is 2.75. The molecule has 0 aliphatic heterocycles. The summed E-state index contributed by atoms with van der Waals surface area (Å²) in [5, 5.41) is 13.0. The molecule has 2 heteroatoms. The van der Waals surface area contributed by atoms with Crippen molar-refractivity contribution in [3.63, 3.8) is 0 Å². The Morgan fingerprint density at radius 2 is 2.29 bits per heavy atom. The molecule has 1 aliphatic carbocycles. The van der Waals surface area contributed by atoms with Gasteiger partial charge in [-0.15, -0.1) is 0 Å². The van der Waals surface area contributed by atoms with Gasteiger partial charge in [0.15, 0.2) is 0 Å². The van der Waals surface area contributed by atoms with Crippen molar-refractivity contribution in [3.05, 3.63) is 35.4 Å². The van der Waals surface area contributed by atoms with E-state index in [0.29, 0.717) is 12.5 Å². The van der Waals surface area contributed by atoms with Crippen molar-refractivity contribution in [1.29, 1.82) is 0 Å². The van der Waals surface area contributed by atoms with Gasteiger partial charge in [0.2, 0.25) is 0 Å². The minimum Gasteiger partial charge on any atom is -0.391 e. The fourth-order valence-corrected chi connectivity index (χ4v) is 2.34. The van der Waals surface area contributed by atoms with Crippen molar-refractivity contribution in [2.45, 2.75) is 24.9 Å². The van der Waals surface area contributed by atoms with Crippen molar-refractivity contribution in [2.24, 2.45) is 0 Å². The van der Waals surface area contributed by atoms with Gasteiger partial charge in [-0.25, -0.2) is 0 Å². The van der Waals surface area contributed by atoms with Crippen molar-refractivity contribution in [2.75, 3.05) is 13.6 Å². The fourth-order valence-electron chi connectivity index (χ4n) is 2.34. The van der Waals surface area contributed by atoms with Gasteiger partial charge in [-0.3, -0.25) is 0 Å². The Bertz CT molecular complexity index is 311. The zero-order valence-electron chi connectivity index (χ0n) is 8.53. The molecular formula is C12H17NO. The highest BCUT2D eigenvalue weighted by atomic mass is 16.3. The van der Waals surface area contributed by atoms with Gasteiger partial charge >= 0.3 is 0 Å². The Balaban J connectivity index is 2.17. The van der Waals surface area contributed by atoms with E-state index in [4.69, 9.17) is 0 Å². The number of hydrogen-bond donors (Lipinski definition) is 2. The van der Waals surface area contributed by atoms with Crippen molar-refractivity contribution in [1.82, 2.24) is 5.32 Å². The molecule has 76 valence electrons. The first-order valence-corrected chi connectivity index (χ1v) is 5.23. The van der Waals surface area contributed by atoms with E-state index in [0.717, 1.165) is 12.8 Å². The van der Waals surface area contributed by atoms with Crippen LogP contribution in [0.1, 0.15) is 23.5 Å². The largest absolute Gasteiger partial charge is 0.391 e. The molecule has 14 heavy (non-hydrogen) atoms. The molecule has 0 saturated carbocycles. The second kappa shape index (κ2) is 4.11. The first-order chi connectivity index (χ1) is 6.83. The van der Waals surface area contributed by atoms with Gasteiger partial charge < -0.3 is 10.4 Å². The number of fused-ring (bicyclic) bond motifs is 1. The van der Waals surface area contributed by atoms with E-state index in [1.807, 2.05) is 7.05 Å². The lowest BCUT2D eigenvalue weighted by Crippen LogP contribution is -2.28. The molecule has 2 N–H and O–H groups in total. The standard InChI is InChI=1S/C12H17NO/c1-13-8-12(14)11-7-6-9-4-2-3-5-10(9)11/h2-5,11-14H,6-8H2,1H3. The predicted octanol–water partition coefficient (Wildman–Crippen LogP) is 1.30. The van der Waals surface area contributed by atoms with E-state index in [1.165, 1.54) is 11.1 Å². The highest BCUT2D eigenvalue weighted by Gasteiger charge is 2.27. The average molecular weight is 191 g/mol. The number of hydrogen-bond acceptors (Lipinski definition) is 2. The lowest BCUT2D eigenvalue weighted by Gasteiger charge is -2.18. The van der Waals surface area contributed by atoms with Gasteiger partial charge in [0, 0.05) is 12.5 Å². The summed E-state index contributed by atoms with van der Waals surface area (Å²) in [6.07, 6.45) is 1.95. The number of likely N-dealkylation sites (N-methyl/N-ethyl adjacent to an activating group) is 1. The second-order valence-corrected chi connectivity index (χ2v) is 3.97. The zero-order chi connectivity index (χ0) is 9.97. The number of nitrogens with one attached hydrogen (secondary N) is 1. The molecule has 0 saturated heterocycles. The predicted molar refractivity (Wildman–Crippen MR) is 57.4 cm³/mol. The van der Waals surface area contributed by atoms with E-state index in [-0.39, 0.29) is 6.10 Å². The van der Waals surface area contributed by atoms with Crippen LogP contribution in [-0.2, 0) is 6.42 Å². The van der Waals surface area contributed by atoms with Gasteiger partial charge in [-0.2, -0.15) is 0 Å². The SMILES string of the molecule is CNCC(O)C1CCc2ccccc21. The third kappa shape index (κ3) is 1.68. The molecule has 0 bridgehead atoms. The third-order valence-corrected chi connectivity index (χ3v) is 3.06. The molecule has 1 aromatic rings. The first kappa shape index (κ1) is 9.69. The summed E-state index contributed by atoms with van der Waals surface area (Å²) in [4.78, 5) is 0. The average Bonchev–Trinajstić information content (AvgIpc) is 2.61. The summed E-state index contributed by atoms with van der Waals surface area (Å²) in [6, 6.07) is 8.45. The number of rotatable bonds is 3. The summed E-state index contributed by atoms with van der Waals surface area (Å²) >= 11 is 0. The zero-order valence-corrected chi connectivity index (χ0v) is 8.53. The van der Waals surface area contributed by atoms with E-state index in [2.05, 4.69) is 29.6 Å². The van der Waals surface area contributed by atoms with E-state index in [1.54, 1.807) is 0 Å². The van der Waals surface area contributed by atoms with Crippen LogP contribution in [0.4, 0.5) is 0 Å². The molecule has 0 spiro atoms. The molecule has 2 atom stereocenters. The Morgan fingerprint density at radius 3 is 3.07 bits per heavy atom.